The first kappa shape index (κ1) is 31.3. The Morgan fingerprint density at radius 1 is 0.907 bits per heavy atom. The van der Waals surface area contributed by atoms with E-state index in [4.69, 9.17) is 15.6 Å². The van der Waals surface area contributed by atoms with E-state index in [-0.39, 0.29) is 42.1 Å². The van der Waals surface area contributed by atoms with E-state index in [1.54, 1.807) is 30.3 Å². The Hall–Kier alpha value is -4.64. The van der Waals surface area contributed by atoms with Crippen molar-refractivity contribution in [3.8, 4) is 16.9 Å². The van der Waals surface area contributed by atoms with Crippen LogP contribution in [0.4, 0.5) is 13.2 Å². The predicted octanol–water partition coefficient (Wildman–Crippen LogP) is 5.17. The third-order valence-electron chi connectivity index (χ3n) is 7.20. The molecule has 0 aliphatic rings. The molecule has 0 amide bonds. The van der Waals surface area contributed by atoms with Gasteiger partial charge in [-0.15, -0.1) is 0 Å². The van der Waals surface area contributed by atoms with Gasteiger partial charge in [-0.1, -0.05) is 48.5 Å². The maximum absolute atomic E-state index is 15.9. The molecule has 0 fully saturated rings. The van der Waals surface area contributed by atoms with Crippen LogP contribution in [0.1, 0.15) is 48.5 Å². The van der Waals surface area contributed by atoms with Crippen molar-refractivity contribution in [2.24, 2.45) is 5.73 Å². The van der Waals surface area contributed by atoms with Crippen molar-refractivity contribution in [3.05, 3.63) is 122 Å². The van der Waals surface area contributed by atoms with Gasteiger partial charge in [0.2, 0.25) is 0 Å². The number of halogens is 3. The minimum absolute atomic E-state index is 0.00639. The van der Waals surface area contributed by atoms with E-state index >= 15 is 4.39 Å². The number of carboxylic acid groups (broad SMARTS) is 1. The molecule has 0 bridgehead atoms. The largest absolute Gasteiger partial charge is 0.490 e. The smallest absolute Gasteiger partial charge is 0.331 e. The maximum Gasteiger partial charge on any atom is 0.331 e. The Labute approximate surface area is 245 Å². The lowest BCUT2D eigenvalue weighted by Gasteiger charge is -2.20. The zero-order valence-corrected chi connectivity index (χ0v) is 23.6. The Morgan fingerprint density at radius 2 is 1.58 bits per heavy atom. The Morgan fingerprint density at radius 3 is 2.26 bits per heavy atom. The summed E-state index contributed by atoms with van der Waals surface area (Å²) in [6, 6.07) is 15.5. The van der Waals surface area contributed by atoms with E-state index in [0.29, 0.717) is 24.8 Å². The first-order valence-electron chi connectivity index (χ1n) is 13.8. The number of ether oxygens (including phenoxy) is 1. The number of carbonyl (C=O) groups is 1. The summed E-state index contributed by atoms with van der Waals surface area (Å²) in [7, 11) is 0. The van der Waals surface area contributed by atoms with Gasteiger partial charge in [0.1, 0.15) is 11.6 Å². The zero-order chi connectivity index (χ0) is 31.1. The molecule has 1 atom stereocenters. The lowest BCUT2D eigenvalue weighted by atomic mass is 10.0. The molecule has 4 aromatic rings. The number of hydrogen-bond acceptors (Lipinski definition) is 5. The van der Waals surface area contributed by atoms with Crippen LogP contribution in [0, 0.1) is 24.4 Å². The molecule has 0 unspecified atom stereocenters. The van der Waals surface area contributed by atoms with E-state index < -0.39 is 52.8 Å². The number of nitrogens with two attached hydrogens (primary N) is 1. The molecule has 1 aromatic heterocycles. The highest BCUT2D eigenvalue weighted by atomic mass is 19.1. The number of nitrogens with zero attached hydrogens (tertiary/aromatic N) is 2. The van der Waals surface area contributed by atoms with Crippen LogP contribution in [0.3, 0.4) is 0 Å². The quantitative estimate of drug-likeness (QED) is 0.206. The standard InChI is InChI=1S/C32H32F3N3O5/c1-20-29(22-12-8-15-27(30(22)35)43-17-7-3-6-16-28(39)40)31(41)38(19-26(36)21-10-4-2-5-11-21)32(42)37(20)18-23-24(33)13-9-14-25(23)34/h2,4-5,8-15,26H,3,6-7,16-19,36H2,1H3,(H,39,40)/t26-/m0/s1. The minimum atomic E-state index is -0.899. The number of benzene rings is 3. The fourth-order valence-electron chi connectivity index (χ4n) is 4.85. The first-order chi connectivity index (χ1) is 20.6. The van der Waals surface area contributed by atoms with Gasteiger partial charge in [0, 0.05) is 29.3 Å². The molecular weight excluding hydrogens is 563 g/mol. The summed E-state index contributed by atoms with van der Waals surface area (Å²) in [5, 5.41) is 8.77. The molecule has 226 valence electrons. The highest BCUT2D eigenvalue weighted by Crippen LogP contribution is 2.30. The topological polar surface area (TPSA) is 117 Å². The SMILES string of the molecule is Cc1c(-c2cccc(OCCCCCC(=O)O)c2F)c(=O)n(C[C@H](N)c2ccccc2)c(=O)n1Cc1c(F)cccc1F. The van der Waals surface area contributed by atoms with Crippen LogP contribution in [0.15, 0.2) is 76.3 Å². The fourth-order valence-corrected chi connectivity index (χ4v) is 4.85. The Balaban J connectivity index is 1.79. The molecule has 1 heterocycles. The number of unbranched alkanes of at least 4 members (excludes halogenated alkanes) is 2. The number of aliphatic carboxylic acids is 1. The molecule has 3 N–H and O–H groups in total. The minimum Gasteiger partial charge on any atom is -0.490 e. The maximum atomic E-state index is 15.9. The van der Waals surface area contributed by atoms with Crippen molar-refractivity contribution in [2.75, 3.05) is 6.61 Å². The van der Waals surface area contributed by atoms with Gasteiger partial charge >= 0.3 is 11.7 Å². The second-order valence-corrected chi connectivity index (χ2v) is 10.1. The molecule has 0 spiro atoms. The van der Waals surface area contributed by atoms with E-state index in [1.165, 1.54) is 31.2 Å². The molecule has 11 heteroatoms. The van der Waals surface area contributed by atoms with Crippen molar-refractivity contribution >= 4 is 5.97 Å². The summed E-state index contributed by atoms with van der Waals surface area (Å²) in [4.78, 5) is 38.2. The van der Waals surface area contributed by atoms with Crippen LogP contribution < -0.4 is 21.7 Å². The molecule has 43 heavy (non-hydrogen) atoms. The molecular formula is C32H32F3N3O5. The second kappa shape index (κ2) is 14.0. The highest BCUT2D eigenvalue weighted by Gasteiger charge is 2.24. The average molecular weight is 596 g/mol. The van der Waals surface area contributed by atoms with Gasteiger partial charge in [-0.2, -0.15) is 0 Å². The van der Waals surface area contributed by atoms with Crippen LogP contribution in [-0.2, 0) is 17.9 Å². The van der Waals surface area contributed by atoms with Gasteiger partial charge in [0.05, 0.1) is 25.3 Å². The molecule has 8 nitrogen and oxygen atoms in total. The second-order valence-electron chi connectivity index (χ2n) is 10.1. The number of hydrogen-bond donors (Lipinski definition) is 2. The normalized spacial score (nSPS) is 11.8. The van der Waals surface area contributed by atoms with Gasteiger partial charge in [-0.05, 0) is 49.9 Å². The Kier molecular flexibility index (Phi) is 10.2. The molecule has 0 aliphatic heterocycles. The van der Waals surface area contributed by atoms with Crippen molar-refractivity contribution in [1.29, 1.82) is 0 Å². The Bertz CT molecular complexity index is 1700. The molecule has 0 saturated heterocycles. The van der Waals surface area contributed by atoms with Crippen molar-refractivity contribution in [2.45, 2.75) is 51.7 Å². The first-order valence-corrected chi connectivity index (χ1v) is 13.8. The van der Waals surface area contributed by atoms with Crippen LogP contribution in [-0.4, -0.2) is 26.8 Å². The number of carboxylic acids is 1. The molecule has 0 aliphatic carbocycles. The summed E-state index contributed by atoms with van der Waals surface area (Å²) in [5.74, 6) is -3.65. The zero-order valence-electron chi connectivity index (χ0n) is 23.6. The van der Waals surface area contributed by atoms with Crippen LogP contribution >= 0.6 is 0 Å². The molecule has 4 rings (SSSR count). The summed E-state index contributed by atoms with van der Waals surface area (Å²) < 4.78 is 52.6. The van der Waals surface area contributed by atoms with Gasteiger partial charge in [-0.3, -0.25) is 18.7 Å². The monoisotopic (exact) mass is 595 g/mol. The van der Waals surface area contributed by atoms with Gasteiger partial charge in [-0.25, -0.2) is 18.0 Å². The summed E-state index contributed by atoms with van der Waals surface area (Å²) in [6.45, 7) is 0.697. The number of aromatic nitrogens is 2. The van der Waals surface area contributed by atoms with E-state index in [9.17, 15) is 23.2 Å². The lowest BCUT2D eigenvalue weighted by molar-refractivity contribution is -0.137. The summed E-state index contributed by atoms with van der Waals surface area (Å²) in [5.41, 5.74) is 4.60. The van der Waals surface area contributed by atoms with Gasteiger partial charge in [0.15, 0.2) is 11.6 Å². The molecule has 0 radical (unpaired) electrons. The van der Waals surface area contributed by atoms with Gasteiger partial charge < -0.3 is 15.6 Å². The molecule has 3 aromatic carbocycles. The average Bonchev–Trinajstić information content (AvgIpc) is 2.98. The van der Waals surface area contributed by atoms with Crippen LogP contribution in [0.5, 0.6) is 5.75 Å². The van der Waals surface area contributed by atoms with Crippen LogP contribution in [0.25, 0.3) is 11.1 Å². The summed E-state index contributed by atoms with van der Waals surface area (Å²) in [6.07, 6.45) is 1.53. The van der Waals surface area contributed by atoms with Crippen molar-refractivity contribution in [1.82, 2.24) is 9.13 Å². The predicted molar refractivity (Wildman–Crippen MR) is 156 cm³/mol. The highest BCUT2D eigenvalue weighted by molar-refractivity contribution is 5.67. The van der Waals surface area contributed by atoms with Crippen LogP contribution in [0.2, 0.25) is 0 Å². The summed E-state index contributed by atoms with van der Waals surface area (Å²) >= 11 is 0. The fraction of sp³-hybridized carbons (Fsp3) is 0.281. The third kappa shape index (κ3) is 7.23. The van der Waals surface area contributed by atoms with Crippen molar-refractivity contribution in [3.63, 3.8) is 0 Å². The molecule has 0 saturated carbocycles. The van der Waals surface area contributed by atoms with Gasteiger partial charge in [0.25, 0.3) is 5.56 Å². The van der Waals surface area contributed by atoms with E-state index in [1.807, 2.05) is 0 Å². The number of rotatable bonds is 13. The lowest BCUT2D eigenvalue weighted by Crippen LogP contribution is -2.44. The third-order valence-corrected chi connectivity index (χ3v) is 7.20. The van der Waals surface area contributed by atoms with E-state index in [0.717, 1.165) is 21.3 Å². The van der Waals surface area contributed by atoms with Crippen molar-refractivity contribution < 1.29 is 27.8 Å². The van der Waals surface area contributed by atoms with E-state index in [2.05, 4.69) is 0 Å².